The second-order valence-corrected chi connectivity index (χ2v) is 8.11. The lowest BCUT2D eigenvalue weighted by Gasteiger charge is -2.20. The number of aromatic nitrogens is 2. The van der Waals surface area contributed by atoms with E-state index < -0.39 is 0 Å². The zero-order valence-corrected chi connectivity index (χ0v) is 16.4. The van der Waals surface area contributed by atoms with E-state index in [4.69, 9.17) is 9.47 Å². The van der Waals surface area contributed by atoms with Crippen molar-refractivity contribution in [2.75, 3.05) is 6.61 Å². The summed E-state index contributed by atoms with van der Waals surface area (Å²) >= 11 is 0. The van der Waals surface area contributed by atoms with Gasteiger partial charge in [-0.1, -0.05) is 57.2 Å². The summed E-state index contributed by atoms with van der Waals surface area (Å²) in [4.78, 5) is 15.2. The van der Waals surface area contributed by atoms with Crippen LogP contribution in [-0.2, 0) is 12.0 Å². The van der Waals surface area contributed by atoms with E-state index in [0.29, 0.717) is 19.2 Å². The summed E-state index contributed by atoms with van der Waals surface area (Å²) in [7, 11) is 0. The fourth-order valence-corrected chi connectivity index (χ4v) is 3.24. The van der Waals surface area contributed by atoms with Gasteiger partial charge in [-0.3, -0.25) is 9.36 Å². The van der Waals surface area contributed by atoms with E-state index in [9.17, 15) is 4.79 Å². The van der Waals surface area contributed by atoms with E-state index in [0.717, 1.165) is 11.3 Å². The smallest absolute Gasteiger partial charge is 0.300 e. The van der Waals surface area contributed by atoms with Gasteiger partial charge in [0, 0.05) is 12.3 Å². The molecule has 0 radical (unpaired) electrons. The van der Waals surface area contributed by atoms with Gasteiger partial charge in [0.25, 0.3) is 11.6 Å². The number of nitrogens with zero attached hydrogens (tertiary/aromatic N) is 2. The molecule has 0 spiro atoms. The summed E-state index contributed by atoms with van der Waals surface area (Å²) in [6, 6.07) is 18.5. The molecule has 0 bridgehead atoms. The highest BCUT2D eigenvalue weighted by atomic mass is 16.6. The van der Waals surface area contributed by atoms with Crippen LogP contribution in [0.5, 0.6) is 11.8 Å². The Morgan fingerprint density at radius 3 is 2.64 bits per heavy atom. The summed E-state index contributed by atoms with van der Waals surface area (Å²) < 4.78 is 13.4. The number of ether oxygens (including phenoxy) is 2. The SMILES string of the molecule is CC(C)(C)c1cccc(-c2ccc(OC[C@@H]3Cn4ccc(=O)nc4O3)cc2)c1. The highest BCUT2D eigenvalue weighted by molar-refractivity contribution is 5.65. The minimum atomic E-state index is -0.293. The molecule has 2 heterocycles. The molecule has 0 unspecified atom stereocenters. The van der Waals surface area contributed by atoms with Crippen LogP contribution in [0.1, 0.15) is 26.3 Å². The van der Waals surface area contributed by atoms with E-state index >= 15 is 0 Å². The molecule has 0 fully saturated rings. The fraction of sp³-hybridized carbons (Fsp3) is 0.304. The zero-order chi connectivity index (χ0) is 19.7. The van der Waals surface area contributed by atoms with E-state index in [-0.39, 0.29) is 17.1 Å². The van der Waals surface area contributed by atoms with E-state index in [1.807, 2.05) is 16.7 Å². The Morgan fingerprint density at radius 2 is 1.89 bits per heavy atom. The maximum Gasteiger partial charge on any atom is 0.300 e. The monoisotopic (exact) mass is 376 g/mol. The van der Waals surface area contributed by atoms with Gasteiger partial charge in [0.05, 0.1) is 6.54 Å². The van der Waals surface area contributed by atoms with Gasteiger partial charge in [0.1, 0.15) is 12.4 Å². The third kappa shape index (κ3) is 3.93. The quantitative estimate of drug-likeness (QED) is 0.689. The van der Waals surface area contributed by atoms with Crippen molar-refractivity contribution in [2.45, 2.75) is 38.8 Å². The van der Waals surface area contributed by atoms with Crippen molar-refractivity contribution >= 4 is 0 Å². The fourth-order valence-electron chi connectivity index (χ4n) is 3.24. The summed E-state index contributed by atoms with van der Waals surface area (Å²) in [5.74, 6) is 0.790. The van der Waals surface area contributed by atoms with Gasteiger partial charge in [0.15, 0.2) is 6.10 Å². The van der Waals surface area contributed by atoms with Gasteiger partial charge < -0.3 is 9.47 Å². The largest absolute Gasteiger partial charge is 0.490 e. The first-order chi connectivity index (χ1) is 13.4. The zero-order valence-electron chi connectivity index (χ0n) is 16.4. The third-order valence-corrected chi connectivity index (χ3v) is 4.87. The molecule has 0 saturated heterocycles. The molecule has 0 amide bonds. The Labute approximate surface area is 164 Å². The van der Waals surface area contributed by atoms with Gasteiger partial charge in [-0.05, 0) is 34.2 Å². The Kier molecular flexibility index (Phi) is 4.67. The van der Waals surface area contributed by atoms with E-state index in [1.54, 1.807) is 6.20 Å². The van der Waals surface area contributed by atoms with Crippen molar-refractivity contribution in [3.63, 3.8) is 0 Å². The topological polar surface area (TPSA) is 53.4 Å². The summed E-state index contributed by atoms with van der Waals surface area (Å²) in [6.07, 6.45) is 1.54. The van der Waals surface area contributed by atoms with Crippen molar-refractivity contribution < 1.29 is 9.47 Å². The lowest BCUT2D eigenvalue weighted by molar-refractivity contribution is 0.143. The molecular formula is C23H24N2O3. The van der Waals surface area contributed by atoms with Crippen LogP contribution in [0.2, 0.25) is 0 Å². The minimum Gasteiger partial charge on any atom is -0.490 e. The molecule has 4 rings (SSSR count). The molecule has 2 aromatic carbocycles. The first-order valence-corrected chi connectivity index (χ1v) is 9.46. The van der Waals surface area contributed by atoms with Crippen molar-refractivity contribution in [2.24, 2.45) is 0 Å². The Bertz CT molecular complexity index is 1030. The van der Waals surface area contributed by atoms with Crippen LogP contribution in [0.3, 0.4) is 0 Å². The lowest BCUT2D eigenvalue weighted by Crippen LogP contribution is -2.23. The number of rotatable bonds is 4. The normalized spacial score (nSPS) is 15.8. The Morgan fingerprint density at radius 1 is 1.11 bits per heavy atom. The molecule has 3 aromatic rings. The van der Waals surface area contributed by atoms with Gasteiger partial charge >= 0.3 is 0 Å². The molecule has 5 nitrogen and oxygen atoms in total. The summed E-state index contributed by atoms with van der Waals surface area (Å²) in [5, 5.41) is 0. The van der Waals surface area contributed by atoms with Gasteiger partial charge in [-0.2, -0.15) is 4.98 Å². The third-order valence-electron chi connectivity index (χ3n) is 4.87. The van der Waals surface area contributed by atoms with Crippen molar-refractivity contribution in [1.82, 2.24) is 9.55 Å². The van der Waals surface area contributed by atoms with E-state index in [2.05, 4.69) is 62.2 Å². The van der Waals surface area contributed by atoms with Crippen LogP contribution in [0, 0.1) is 0 Å². The molecule has 0 N–H and O–H groups in total. The van der Waals surface area contributed by atoms with Crippen LogP contribution in [0.25, 0.3) is 11.1 Å². The molecule has 0 aliphatic carbocycles. The maximum absolute atomic E-state index is 11.3. The number of benzene rings is 2. The first-order valence-electron chi connectivity index (χ1n) is 9.46. The Hall–Kier alpha value is -3.08. The van der Waals surface area contributed by atoms with Gasteiger partial charge in [-0.25, -0.2) is 0 Å². The second-order valence-electron chi connectivity index (χ2n) is 8.11. The minimum absolute atomic E-state index is 0.123. The molecule has 144 valence electrons. The maximum atomic E-state index is 11.3. The van der Waals surface area contributed by atoms with Gasteiger partial charge in [0.2, 0.25) is 0 Å². The molecule has 1 aromatic heterocycles. The second kappa shape index (κ2) is 7.15. The summed E-state index contributed by atoms with van der Waals surface area (Å²) in [6.45, 7) is 7.69. The van der Waals surface area contributed by atoms with Crippen LogP contribution in [-0.4, -0.2) is 22.3 Å². The van der Waals surface area contributed by atoms with Crippen LogP contribution in [0.15, 0.2) is 65.6 Å². The highest BCUT2D eigenvalue weighted by Crippen LogP contribution is 2.28. The number of hydrogen-bond donors (Lipinski definition) is 0. The van der Waals surface area contributed by atoms with Gasteiger partial charge in [-0.15, -0.1) is 0 Å². The van der Waals surface area contributed by atoms with Crippen LogP contribution in [0.4, 0.5) is 0 Å². The van der Waals surface area contributed by atoms with Crippen LogP contribution >= 0.6 is 0 Å². The Balaban J connectivity index is 1.40. The number of fused-ring (bicyclic) bond motifs is 1. The molecule has 28 heavy (non-hydrogen) atoms. The predicted molar refractivity (Wildman–Crippen MR) is 109 cm³/mol. The first kappa shape index (κ1) is 18.3. The number of hydrogen-bond acceptors (Lipinski definition) is 4. The van der Waals surface area contributed by atoms with E-state index in [1.165, 1.54) is 17.2 Å². The molecule has 1 aliphatic rings. The van der Waals surface area contributed by atoms with Crippen molar-refractivity contribution in [3.05, 3.63) is 76.7 Å². The standard InChI is InChI=1S/C23H24N2O3/c1-23(2,3)18-6-4-5-17(13-18)16-7-9-19(10-8-16)27-15-20-14-25-12-11-21(26)24-22(25)28-20/h4-13,20H,14-15H2,1-3H3/t20-/m0/s1. The molecular weight excluding hydrogens is 352 g/mol. The summed E-state index contributed by atoms with van der Waals surface area (Å²) in [5.41, 5.74) is 3.50. The lowest BCUT2D eigenvalue weighted by atomic mass is 9.85. The average Bonchev–Trinajstić information content (AvgIpc) is 3.08. The predicted octanol–water partition coefficient (Wildman–Crippen LogP) is 4.05. The highest BCUT2D eigenvalue weighted by Gasteiger charge is 2.23. The van der Waals surface area contributed by atoms with Crippen LogP contribution < -0.4 is 15.0 Å². The molecule has 5 heteroatoms. The molecule has 1 aliphatic heterocycles. The molecule has 0 saturated carbocycles. The molecule has 1 atom stereocenters. The van der Waals surface area contributed by atoms with Crippen molar-refractivity contribution in [1.29, 1.82) is 0 Å². The van der Waals surface area contributed by atoms with Crippen molar-refractivity contribution in [3.8, 4) is 22.9 Å². The average molecular weight is 376 g/mol.